The van der Waals surface area contributed by atoms with Gasteiger partial charge in [0.1, 0.15) is 11.6 Å². The average molecular weight is 325 g/mol. The van der Waals surface area contributed by atoms with Gasteiger partial charge in [-0.2, -0.15) is 10.5 Å². The standard InChI is InChI=1S/C15H15N7O2/c1-24-15(23)9-2-5-12(18-11-3-4-11)13(6-9)17-8-10(7-16)14-19-21-22-20-14/h2,5-6,8,11,17-18H,3-4H2,1H3,(H,19,20,21,22). The summed E-state index contributed by atoms with van der Waals surface area (Å²) in [6.45, 7) is 0. The van der Waals surface area contributed by atoms with Crippen LogP contribution in [0.25, 0.3) is 5.57 Å². The van der Waals surface area contributed by atoms with Crippen molar-refractivity contribution >= 4 is 22.9 Å². The van der Waals surface area contributed by atoms with Gasteiger partial charge in [0, 0.05) is 12.2 Å². The molecule has 0 radical (unpaired) electrons. The zero-order valence-electron chi connectivity index (χ0n) is 12.9. The van der Waals surface area contributed by atoms with Crippen molar-refractivity contribution in [3.63, 3.8) is 0 Å². The Labute approximate surface area is 137 Å². The van der Waals surface area contributed by atoms with Gasteiger partial charge in [0.25, 0.3) is 0 Å². The number of rotatable bonds is 6. The van der Waals surface area contributed by atoms with E-state index < -0.39 is 5.97 Å². The molecular weight excluding hydrogens is 310 g/mol. The molecule has 9 nitrogen and oxygen atoms in total. The highest BCUT2D eigenvalue weighted by Gasteiger charge is 2.22. The molecule has 1 aliphatic rings. The minimum atomic E-state index is -0.432. The average Bonchev–Trinajstić information content (AvgIpc) is 3.26. The number of ether oxygens (including phenoxy) is 1. The molecule has 1 heterocycles. The number of benzene rings is 1. The Morgan fingerprint density at radius 1 is 1.46 bits per heavy atom. The summed E-state index contributed by atoms with van der Waals surface area (Å²) >= 11 is 0. The van der Waals surface area contributed by atoms with E-state index in [-0.39, 0.29) is 11.4 Å². The van der Waals surface area contributed by atoms with Crippen LogP contribution in [0.1, 0.15) is 29.0 Å². The minimum absolute atomic E-state index is 0.186. The van der Waals surface area contributed by atoms with Crippen LogP contribution in [0, 0.1) is 11.3 Å². The summed E-state index contributed by atoms with van der Waals surface area (Å²) in [5.41, 5.74) is 2.12. The fourth-order valence-corrected chi connectivity index (χ4v) is 2.05. The largest absolute Gasteiger partial charge is 0.465 e. The highest BCUT2D eigenvalue weighted by molar-refractivity contribution is 5.92. The number of aromatic amines is 1. The van der Waals surface area contributed by atoms with Gasteiger partial charge in [0.05, 0.1) is 24.0 Å². The highest BCUT2D eigenvalue weighted by Crippen LogP contribution is 2.30. The van der Waals surface area contributed by atoms with Crippen LogP contribution >= 0.6 is 0 Å². The van der Waals surface area contributed by atoms with Gasteiger partial charge in [-0.05, 0) is 36.3 Å². The van der Waals surface area contributed by atoms with Gasteiger partial charge in [0.15, 0.2) is 0 Å². The zero-order valence-corrected chi connectivity index (χ0v) is 12.9. The summed E-state index contributed by atoms with van der Waals surface area (Å²) in [6, 6.07) is 7.60. The quantitative estimate of drug-likeness (QED) is 0.539. The van der Waals surface area contributed by atoms with E-state index in [2.05, 4.69) is 31.3 Å². The SMILES string of the molecule is COC(=O)c1ccc(NC2CC2)c(NC=C(C#N)c2nn[nH]n2)c1. The molecule has 0 saturated heterocycles. The molecular formula is C15H15N7O2. The van der Waals surface area contributed by atoms with E-state index in [9.17, 15) is 10.1 Å². The first-order valence-corrected chi connectivity index (χ1v) is 7.31. The normalized spacial score (nSPS) is 13.9. The van der Waals surface area contributed by atoms with Gasteiger partial charge in [-0.15, -0.1) is 10.2 Å². The smallest absolute Gasteiger partial charge is 0.337 e. The minimum Gasteiger partial charge on any atom is -0.465 e. The van der Waals surface area contributed by atoms with Crippen molar-refractivity contribution in [2.45, 2.75) is 18.9 Å². The fraction of sp³-hybridized carbons (Fsp3) is 0.267. The molecule has 2 aromatic rings. The summed E-state index contributed by atoms with van der Waals surface area (Å²) in [5, 5.41) is 28.9. The number of hydrogen-bond acceptors (Lipinski definition) is 8. The predicted octanol–water partition coefficient (Wildman–Crippen LogP) is 1.54. The Kier molecular flexibility index (Phi) is 4.38. The molecule has 1 aromatic carbocycles. The molecule has 1 aliphatic carbocycles. The third-order valence-electron chi connectivity index (χ3n) is 3.46. The third-order valence-corrected chi connectivity index (χ3v) is 3.46. The third kappa shape index (κ3) is 3.49. The maximum absolute atomic E-state index is 11.7. The summed E-state index contributed by atoms with van der Waals surface area (Å²) in [5.74, 6) is -0.246. The predicted molar refractivity (Wildman–Crippen MR) is 85.8 cm³/mol. The first-order chi connectivity index (χ1) is 11.7. The van der Waals surface area contributed by atoms with Crippen molar-refractivity contribution in [2.24, 2.45) is 0 Å². The summed E-state index contributed by atoms with van der Waals surface area (Å²) in [7, 11) is 1.33. The maximum atomic E-state index is 11.7. The van der Waals surface area contributed by atoms with Crippen LogP contribution in [0.4, 0.5) is 11.4 Å². The van der Waals surface area contributed by atoms with Crippen molar-refractivity contribution in [1.82, 2.24) is 20.6 Å². The van der Waals surface area contributed by atoms with E-state index >= 15 is 0 Å². The number of tetrazole rings is 1. The molecule has 1 fully saturated rings. The fourth-order valence-electron chi connectivity index (χ4n) is 2.05. The van der Waals surface area contributed by atoms with Gasteiger partial charge in [-0.1, -0.05) is 0 Å². The number of nitrogens with one attached hydrogen (secondary N) is 3. The lowest BCUT2D eigenvalue weighted by Crippen LogP contribution is -2.07. The molecule has 1 saturated carbocycles. The summed E-state index contributed by atoms with van der Waals surface area (Å²) in [4.78, 5) is 11.7. The second-order valence-corrected chi connectivity index (χ2v) is 5.22. The number of allylic oxidation sites excluding steroid dienone is 1. The second kappa shape index (κ2) is 6.78. The number of aromatic nitrogens is 4. The van der Waals surface area contributed by atoms with Gasteiger partial charge in [0.2, 0.25) is 5.82 Å². The maximum Gasteiger partial charge on any atom is 0.337 e. The molecule has 3 N–H and O–H groups in total. The number of hydrogen-bond donors (Lipinski definition) is 3. The lowest BCUT2D eigenvalue weighted by Gasteiger charge is -2.13. The lowest BCUT2D eigenvalue weighted by molar-refractivity contribution is 0.0601. The molecule has 0 amide bonds. The van der Waals surface area contributed by atoms with Crippen LogP contribution in [-0.2, 0) is 4.74 Å². The monoisotopic (exact) mass is 325 g/mol. The van der Waals surface area contributed by atoms with Crippen molar-refractivity contribution in [1.29, 1.82) is 5.26 Å². The number of esters is 1. The first kappa shape index (κ1) is 15.5. The van der Waals surface area contributed by atoms with Crippen LogP contribution in [0.3, 0.4) is 0 Å². The second-order valence-electron chi connectivity index (χ2n) is 5.22. The van der Waals surface area contributed by atoms with Crippen molar-refractivity contribution in [2.75, 3.05) is 17.7 Å². The first-order valence-electron chi connectivity index (χ1n) is 7.31. The molecule has 0 atom stereocenters. The number of methoxy groups -OCH3 is 1. The molecule has 9 heteroatoms. The molecule has 1 aromatic heterocycles. The molecule has 24 heavy (non-hydrogen) atoms. The molecule has 0 bridgehead atoms. The molecule has 0 spiro atoms. The van der Waals surface area contributed by atoms with Gasteiger partial charge >= 0.3 is 5.97 Å². The number of H-pyrrole nitrogens is 1. The van der Waals surface area contributed by atoms with Crippen LogP contribution in [0.5, 0.6) is 0 Å². The van der Waals surface area contributed by atoms with E-state index in [1.807, 2.05) is 6.07 Å². The van der Waals surface area contributed by atoms with E-state index in [1.165, 1.54) is 13.3 Å². The number of nitriles is 1. The van der Waals surface area contributed by atoms with Crippen LogP contribution in [-0.4, -0.2) is 39.7 Å². The molecule has 3 rings (SSSR count). The Hall–Kier alpha value is -3.41. The number of carbonyl (C=O) groups excluding carboxylic acids is 1. The Balaban J connectivity index is 1.88. The molecule has 122 valence electrons. The van der Waals surface area contributed by atoms with E-state index in [0.29, 0.717) is 17.3 Å². The van der Waals surface area contributed by atoms with Crippen LogP contribution < -0.4 is 10.6 Å². The molecule has 0 aliphatic heterocycles. The van der Waals surface area contributed by atoms with Crippen molar-refractivity contribution in [3.05, 3.63) is 35.8 Å². The number of carbonyl (C=O) groups is 1. The van der Waals surface area contributed by atoms with Crippen LogP contribution in [0.2, 0.25) is 0 Å². The molecule has 0 unspecified atom stereocenters. The Bertz CT molecular complexity index is 804. The van der Waals surface area contributed by atoms with Gasteiger partial charge < -0.3 is 15.4 Å². The summed E-state index contributed by atoms with van der Waals surface area (Å²) in [6.07, 6.45) is 3.69. The van der Waals surface area contributed by atoms with Crippen LogP contribution in [0.15, 0.2) is 24.4 Å². The summed E-state index contributed by atoms with van der Waals surface area (Å²) < 4.78 is 4.74. The highest BCUT2D eigenvalue weighted by atomic mass is 16.5. The van der Waals surface area contributed by atoms with Crippen molar-refractivity contribution < 1.29 is 9.53 Å². The topological polar surface area (TPSA) is 129 Å². The Morgan fingerprint density at radius 2 is 2.29 bits per heavy atom. The van der Waals surface area contributed by atoms with E-state index in [1.54, 1.807) is 18.2 Å². The Morgan fingerprint density at radius 3 is 2.92 bits per heavy atom. The van der Waals surface area contributed by atoms with E-state index in [0.717, 1.165) is 18.5 Å². The van der Waals surface area contributed by atoms with Crippen molar-refractivity contribution in [3.8, 4) is 6.07 Å². The van der Waals surface area contributed by atoms with Gasteiger partial charge in [-0.25, -0.2) is 4.79 Å². The number of anilines is 2. The zero-order chi connectivity index (χ0) is 16.9. The number of nitrogens with zero attached hydrogens (tertiary/aromatic N) is 4. The van der Waals surface area contributed by atoms with E-state index in [4.69, 9.17) is 4.74 Å². The van der Waals surface area contributed by atoms with Gasteiger partial charge in [-0.3, -0.25) is 0 Å². The lowest BCUT2D eigenvalue weighted by atomic mass is 10.1.